The summed E-state index contributed by atoms with van der Waals surface area (Å²) in [5.74, 6) is -2.46. The molecule has 0 saturated carbocycles. The van der Waals surface area contributed by atoms with E-state index in [1.54, 1.807) is 0 Å². The van der Waals surface area contributed by atoms with Crippen molar-refractivity contribution in [2.24, 2.45) is 0 Å². The van der Waals surface area contributed by atoms with E-state index in [4.69, 9.17) is 0 Å². The van der Waals surface area contributed by atoms with E-state index in [1.807, 2.05) is 0 Å². The van der Waals surface area contributed by atoms with Crippen molar-refractivity contribution in [3.63, 3.8) is 0 Å². The number of rotatable bonds is 2. The maximum atomic E-state index is 13.4. The maximum Gasteiger partial charge on any atom is 0.435 e. The van der Waals surface area contributed by atoms with Gasteiger partial charge in [-0.3, -0.25) is 0 Å². The number of hydrogen-bond donors (Lipinski definition) is 0. The zero-order valence-electron chi connectivity index (χ0n) is 11.8. The van der Waals surface area contributed by atoms with Crippen LogP contribution in [0.2, 0.25) is 0 Å². The zero-order valence-corrected chi connectivity index (χ0v) is 11.8. The smallest absolute Gasteiger partial charge is 0.232 e. The molecule has 0 saturated heterocycles. The van der Waals surface area contributed by atoms with Gasteiger partial charge in [-0.15, -0.1) is 0 Å². The summed E-state index contributed by atoms with van der Waals surface area (Å²) in [5.41, 5.74) is -1.41. The Labute approximate surface area is 132 Å². The average Bonchev–Trinajstić information content (AvgIpc) is 2.92. The third-order valence-electron chi connectivity index (χ3n) is 3.23. The Morgan fingerprint density at radius 3 is 1.88 bits per heavy atom. The quantitative estimate of drug-likeness (QED) is 0.601. The summed E-state index contributed by atoms with van der Waals surface area (Å²) in [4.78, 5) is 0. The van der Waals surface area contributed by atoms with E-state index in [2.05, 4.69) is 5.10 Å². The van der Waals surface area contributed by atoms with Crippen LogP contribution in [0.3, 0.4) is 0 Å². The fraction of sp³-hybridized carbons (Fsp3) is 0.0625. The number of halogens is 6. The molecule has 1 heterocycles. The van der Waals surface area contributed by atoms with Crippen molar-refractivity contribution in [1.82, 2.24) is 9.78 Å². The van der Waals surface area contributed by atoms with E-state index < -0.39 is 29.3 Å². The van der Waals surface area contributed by atoms with Crippen molar-refractivity contribution in [3.8, 4) is 16.9 Å². The van der Waals surface area contributed by atoms with Gasteiger partial charge >= 0.3 is 6.18 Å². The molecule has 124 valence electrons. The second kappa shape index (κ2) is 5.70. The second-order valence-electron chi connectivity index (χ2n) is 4.96. The molecule has 0 amide bonds. The Morgan fingerprint density at radius 2 is 1.33 bits per heavy atom. The molecular formula is C16H8F6N2. The average molecular weight is 342 g/mol. The molecule has 0 aliphatic carbocycles. The highest BCUT2D eigenvalue weighted by molar-refractivity contribution is 5.63. The van der Waals surface area contributed by atoms with Gasteiger partial charge in [-0.2, -0.15) is 18.3 Å². The molecule has 0 unspecified atom stereocenters. The molecule has 24 heavy (non-hydrogen) atoms. The molecular weight excluding hydrogens is 334 g/mol. The van der Waals surface area contributed by atoms with Crippen LogP contribution in [0, 0.1) is 17.5 Å². The van der Waals surface area contributed by atoms with Gasteiger partial charge in [0.1, 0.15) is 17.5 Å². The fourth-order valence-corrected chi connectivity index (χ4v) is 2.21. The zero-order chi connectivity index (χ0) is 17.5. The number of alkyl halides is 3. The highest BCUT2D eigenvalue weighted by atomic mass is 19.4. The monoisotopic (exact) mass is 342 g/mol. The van der Waals surface area contributed by atoms with E-state index >= 15 is 0 Å². The number of hydrogen-bond acceptors (Lipinski definition) is 1. The largest absolute Gasteiger partial charge is 0.435 e. The lowest BCUT2D eigenvalue weighted by atomic mass is 10.1. The molecule has 3 rings (SSSR count). The number of nitrogens with zero attached hydrogens (tertiary/aromatic N) is 2. The second-order valence-corrected chi connectivity index (χ2v) is 4.96. The lowest BCUT2D eigenvalue weighted by Crippen LogP contribution is -2.07. The van der Waals surface area contributed by atoms with E-state index in [9.17, 15) is 26.3 Å². The standard InChI is InChI=1S/C16H8F6N2/c17-10-1-3-13(4-2-10)24-14(8-15(23-24)16(20,21)22)9-5-11(18)7-12(19)6-9/h1-8H. The van der Waals surface area contributed by atoms with Gasteiger partial charge in [0.25, 0.3) is 0 Å². The first kappa shape index (κ1) is 16.1. The van der Waals surface area contributed by atoms with Crippen molar-refractivity contribution < 1.29 is 26.3 Å². The fourth-order valence-electron chi connectivity index (χ4n) is 2.21. The van der Waals surface area contributed by atoms with E-state index in [0.717, 1.165) is 28.9 Å². The van der Waals surface area contributed by atoms with Crippen LogP contribution in [0.1, 0.15) is 5.69 Å². The number of benzene rings is 2. The van der Waals surface area contributed by atoms with Crippen molar-refractivity contribution in [1.29, 1.82) is 0 Å². The summed E-state index contributed by atoms with van der Waals surface area (Å²) in [6.07, 6.45) is -4.74. The van der Waals surface area contributed by atoms with Gasteiger partial charge in [-0.1, -0.05) is 0 Å². The van der Waals surface area contributed by atoms with Crippen LogP contribution in [-0.2, 0) is 6.18 Å². The Balaban J connectivity index is 2.23. The predicted octanol–water partition coefficient (Wildman–Crippen LogP) is 4.98. The SMILES string of the molecule is Fc1ccc(-n2nc(C(F)(F)F)cc2-c2cc(F)cc(F)c2)cc1. The summed E-state index contributed by atoms with van der Waals surface area (Å²) < 4.78 is 79.5. The van der Waals surface area contributed by atoms with Crippen LogP contribution in [-0.4, -0.2) is 9.78 Å². The van der Waals surface area contributed by atoms with Crippen LogP contribution in [0.5, 0.6) is 0 Å². The topological polar surface area (TPSA) is 17.8 Å². The molecule has 0 aliphatic heterocycles. The van der Waals surface area contributed by atoms with Gasteiger partial charge in [0.05, 0.1) is 11.4 Å². The van der Waals surface area contributed by atoms with E-state index in [0.29, 0.717) is 12.1 Å². The Bertz CT molecular complexity index is 860. The Hall–Kier alpha value is -2.77. The van der Waals surface area contributed by atoms with Gasteiger partial charge < -0.3 is 0 Å². The normalized spacial score (nSPS) is 11.8. The molecule has 0 radical (unpaired) electrons. The van der Waals surface area contributed by atoms with Gasteiger partial charge in [0, 0.05) is 11.6 Å². The van der Waals surface area contributed by atoms with Crippen LogP contribution >= 0.6 is 0 Å². The van der Waals surface area contributed by atoms with Gasteiger partial charge in [0.15, 0.2) is 5.69 Å². The first-order valence-corrected chi connectivity index (χ1v) is 6.64. The lowest BCUT2D eigenvalue weighted by Gasteiger charge is -2.08. The minimum atomic E-state index is -4.74. The molecule has 0 spiro atoms. The summed E-state index contributed by atoms with van der Waals surface area (Å²) in [6, 6.07) is 7.56. The Morgan fingerprint density at radius 1 is 0.750 bits per heavy atom. The van der Waals surface area contributed by atoms with Gasteiger partial charge in [-0.25, -0.2) is 17.9 Å². The molecule has 3 aromatic rings. The molecule has 0 atom stereocenters. The summed E-state index contributed by atoms with van der Waals surface area (Å²) >= 11 is 0. The van der Waals surface area contributed by atoms with Crippen molar-refractivity contribution >= 4 is 0 Å². The van der Waals surface area contributed by atoms with Crippen molar-refractivity contribution in [2.45, 2.75) is 6.18 Å². The van der Waals surface area contributed by atoms with Crippen LogP contribution in [0.15, 0.2) is 48.5 Å². The molecule has 0 N–H and O–H groups in total. The minimum Gasteiger partial charge on any atom is -0.232 e. The molecule has 2 nitrogen and oxygen atoms in total. The lowest BCUT2D eigenvalue weighted by molar-refractivity contribution is -0.141. The molecule has 8 heteroatoms. The summed E-state index contributed by atoms with van der Waals surface area (Å²) in [7, 11) is 0. The van der Waals surface area contributed by atoms with Crippen molar-refractivity contribution in [2.75, 3.05) is 0 Å². The highest BCUT2D eigenvalue weighted by Crippen LogP contribution is 2.33. The third-order valence-corrected chi connectivity index (χ3v) is 3.23. The number of aromatic nitrogens is 2. The van der Waals surface area contributed by atoms with Gasteiger partial charge in [0.2, 0.25) is 0 Å². The summed E-state index contributed by atoms with van der Waals surface area (Å²) in [5, 5.41) is 3.44. The molecule has 0 fully saturated rings. The first-order chi connectivity index (χ1) is 11.2. The Kier molecular flexibility index (Phi) is 3.82. The summed E-state index contributed by atoms with van der Waals surface area (Å²) in [6.45, 7) is 0. The highest BCUT2D eigenvalue weighted by Gasteiger charge is 2.35. The van der Waals surface area contributed by atoms with Crippen LogP contribution in [0.25, 0.3) is 16.9 Å². The molecule has 1 aromatic heterocycles. The maximum absolute atomic E-state index is 13.4. The van der Waals surface area contributed by atoms with Crippen molar-refractivity contribution in [3.05, 3.63) is 71.7 Å². The first-order valence-electron chi connectivity index (χ1n) is 6.64. The molecule has 2 aromatic carbocycles. The van der Waals surface area contributed by atoms with Crippen LogP contribution in [0.4, 0.5) is 26.3 Å². The molecule has 0 aliphatic rings. The molecule has 0 bridgehead atoms. The van der Waals surface area contributed by atoms with E-state index in [-0.39, 0.29) is 16.9 Å². The third kappa shape index (κ3) is 3.12. The van der Waals surface area contributed by atoms with Crippen LogP contribution < -0.4 is 0 Å². The minimum absolute atomic E-state index is 0.117. The predicted molar refractivity (Wildman–Crippen MR) is 73.9 cm³/mol. The van der Waals surface area contributed by atoms with Gasteiger partial charge in [-0.05, 0) is 42.5 Å². The van der Waals surface area contributed by atoms with E-state index in [1.165, 1.54) is 12.1 Å².